The minimum Gasteiger partial charge on any atom is -0.307 e. The molecule has 1 aliphatic rings. The third-order valence-corrected chi connectivity index (χ3v) is 5.51. The van der Waals surface area contributed by atoms with Gasteiger partial charge in [0.05, 0.1) is 11.3 Å². The molecule has 0 fully saturated rings. The van der Waals surface area contributed by atoms with Crippen LogP contribution < -0.4 is 10.6 Å². The zero-order chi connectivity index (χ0) is 16.5. The first kappa shape index (κ1) is 14.7. The summed E-state index contributed by atoms with van der Waals surface area (Å²) in [5.41, 5.74) is 2.50. The maximum absolute atomic E-state index is 12.4. The number of anilines is 2. The number of carbonyl (C=O) groups excluding carboxylic acids is 1. The number of carbonyl (C=O) groups is 1. The number of nitrogens with zero attached hydrogens (tertiary/aromatic N) is 1. The van der Waals surface area contributed by atoms with Crippen molar-refractivity contribution in [2.75, 3.05) is 10.6 Å². The molecule has 5 heteroatoms. The Morgan fingerprint density at radius 2 is 1.92 bits per heavy atom. The van der Waals surface area contributed by atoms with Crippen molar-refractivity contribution < 1.29 is 4.79 Å². The van der Waals surface area contributed by atoms with Gasteiger partial charge < -0.3 is 5.32 Å². The predicted octanol–water partition coefficient (Wildman–Crippen LogP) is 4.91. The lowest BCUT2D eigenvalue weighted by Crippen LogP contribution is -2.19. The lowest BCUT2D eigenvalue weighted by Gasteiger charge is -2.09. The van der Waals surface area contributed by atoms with E-state index in [2.05, 4.69) is 16.7 Å². The molecule has 0 spiro atoms. The Balaban J connectivity index is 1.58. The molecule has 0 atom stereocenters. The van der Waals surface area contributed by atoms with Gasteiger partial charge in [0, 0.05) is 10.3 Å². The average Bonchev–Trinajstić information content (AvgIpc) is 3.15. The third-order valence-electron chi connectivity index (χ3n) is 4.30. The Kier molecular flexibility index (Phi) is 3.68. The summed E-state index contributed by atoms with van der Waals surface area (Å²) in [6.45, 7) is 0. The predicted molar refractivity (Wildman–Crippen MR) is 97.6 cm³/mol. The molecule has 4 rings (SSSR count). The molecule has 24 heavy (non-hydrogen) atoms. The normalized spacial score (nSPS) is 12.6. The van der Waals surface area contributed by atoms with Gasteiger partial charge in [-0.15, -0.1) is 11.3 Å². The first-order chi connectivity index (χ1) is 11.8. The maximum atomic E-state index is 12.4. The molecule has 0 saturated heterocycles. The molecule has 2 aromatic carbocycles. The van der Waals surface area contributed by atoms with Gasteiger partial charge in [0.15, 0.2) is 0 Å². The number of fused-ring (bicyclic) bond motifs is 2. The lowest BCUT2D eigenvalue weighted by atomic mass is 10.1. The largest absolute Gasteiger partial charge is 0.324 e. The molecule has 1 heterocycles. The van der Waals surface area contributed by atoms with E-state index in [-0.39, 0.29) is 6.03 Å². The molecule has 118 valence electrons. The van der Waals surface area contributed by atoms with Crippen LogP contribution in [0, 0.1) is 11.3 Å². The van der Waals surface area contributed by atoms with E-state index in [4.69, 9.17) is 0 Å². The summed E-state index contributed by atoms with van der Waals surface area (Å²) < 4.78 is 0. The van der Waals surface area contributed by atoms with Gasteiger partial charge in [0.2, 0.25) is 0 Å². The number of amides is 2. The van der Waals surface area contributed by atoms with E-state index >= 15 is 0 Å². The molecule has 1 aliphatic carbocycles. The molecule has 2 N–H and O–H groups in total. The van der Waals surface area contributed by atoms with Gasteiger partial charge in [-0.3, -0.25) is 5.32 Å². The third kappa shape index (κ3) is 2.51. The standard InChI is InChI=1S/C19H15N3OS/c20-11-15-14-8-4-10-17(14)24-18(15)22-19(23)21-16-9-3-6-12-5-1-2-7-13(12)16/h1-3,5-7,9H,4,8,10H2,(H2,21,22,23). The molecule has 1 aromatic heterocycles. The van der Waals surface area contributed by atoms with E-state index < -0.39 is 0 Å². The van der Waals surface area contributed by atoms with Crippen molar-refractivity contribution in [2.45, 2.75) is 19.3 Å². The minimum atomic E-state index is -0.317. The molecule has 0 saturated carbocycles. The molecule has 2 amide bonds. The lowest BCUT2D eigenvalue weighted by molar-refractivity contribution is 0.262. The fraction of sp³-hybridized carbons (Fsp3) is 0.158. The van der Waals surface area contributed by atoms with Crippen molar-refractivity contribution in [3.63, 3.8) is 0 Å². The summed E-state index contributed by atoms with van der Waals surface area (Å²) in [7, 11) is 0. The van der Waals surface area contributed by atoms with Crippen molar-refractivity contribution in [2.24, 2.45) is 0 Å². The van der Waals surface area contributed by atoms with Crippen LogP contribution in [0.2, 0.25) is 0 Å². The van der Waals surface area contributed by atoms with E-state index in [0.29, 0.717) is 10.6 Å². The monoisotopic (exact) mass is 333 g/mol. The van der Waals surface area contributed by atoms with E-state index in [0.717, 1.165) is 41.3 Å². The Hall–Kier alpha value is -2.84. The van der Waals surface area contributed by atoms with Gasteiger partial charge >= 0.3 is 6.03 Å². The Bertz CT molecular complexity index is 979. The van der Waals surface area contributed by atoms with Gasteiger partial charge in [0.25, 0.3) is 0 Å². The molecule has 0 radical (unpaired) electrons. The van der Waals surface area contributed by atoms with Gasteiger partial charge in [-0.2, -0.15) is 5.26 Å². The number of rotatable bonds is 2. The van der Waals surface area contributed by atoms with Crippen molar-refractivity contribution in [3.05, 3.63) is 58.5 Å². The highest BCUT2D eigenvalue weighted by Crippen LogP contribution is 2.38. The van der Waals surface area contributed by atoms with E-state index in [1.807, 2.05) is 42.5 Å². The number of hydrogen-bond acceptors (Lipinski definition) is 3. The highest BCUT2D eigenvalue weighted by atomic mass is 32.1. The fourth-order valence-electron chi connectivity index (χ4n) is 3.20. The zero-order valence-corrected chi connectivity index (χ0v) is 13.7. The molecule has 0 unspecified atom stereocenters. The summed E-state index contributed by atoms with van der Waals surface area (Å²) >= 11 is 1.52. The van der Waals surface area contributed by atoms with E-state index in [1.165, 1.54) is 16.2 Å². The first-order valence-electron chi connectivity index (χ1n) is 7.86. The van der Waals surface area contributed by atoms with Gasteiger partial charge in [-0.25, -0.2) is 4.79 Å². The van der Waals surface area contributed by atoms with Gasteiger partial charge in [0.1, 0.15) is 11.1 Å². The Morgan fingerprint density at radius 3 is 2.79 bits per heavy atom. The van der Waals surface area contributed by atoms with Crippen molar-refractivity contribution in [1.82, 2.24) is 0 Å². The summed E-state index contributed by atoms with van der Waals surface area (Å²) in [5.74, 6) is 0. The van der Waals surface area contributed by atoms with Crippen LogP contribution in [0.3, 0.4) is 0 Å². The van der Waals surface area contributed by atoms with Gasteiger partial charge in [-0.1, -0.05) is 36.4 Å². The summed E-state index contributed by atoms with van der Waals surface area (Å²) in [4.78, 5) is 13.6. The van der Waals surface area contributed by atoms with Gasteiger partial charge in [-0.05, 0) is 36.3 Å². The topological polar surface area (TPSA) is 64.9 Å². The number of aryl methyl sites for hydroxylation is 1. The average molecular weight is 333 g/mol. The number of nitriles is 1. The van der Waals surface area contributed by atoms with Crippen LogP contribution in [0.25, 0.3) is 10.8 Å². The number of thiophene rings is 1. The van der Waals surface area contributed by atoms with Crippen LogP contribution in [0.4, 0.5) is 15.5 Å². The van der Waals surface area contributed by atoms with Crippen LogP contribution in [0.1, 0.15) is 22.4 Å². The van der Waals surface area contributed by atoms with Crippen LogP contribution in [-0.4, -0.2) is 6.03 Å². The second-order valence-electron chi connectivity index (χ2n) is 5.78. The second kappa shape index (κ2) is 5.99. The van der Waals surface area contributed by atoms with Crippen molar-refractivity contribution in [3.8, 4) is 6.07 Å². The maximum Gasteiger partial charge on any atom is 0.324 e. The number of hydrogen-bond donors (Lipinski definition) is 2. The fourth-order valence-corrected chi connectivity index (χ4v) is 4.44. The summed E-state index contributed by atoms with van der Waals surface area (Å²) in [6, 6.07) is 15.6. The molecule has 0 aliphatic heterocycles. The Labute approximate surface area is 143 Å². The number of urea groups is 1. The van der Waals surface area contributed by atoms with Crippen LogP contribution in [0.5, 0.6) is 0 Å². The quantitative estimate of drug-likeness (QED) is 0.700. The van der Waals surface area contributed by atoms with E-state index in [9.17, 15) is 10.1 Å². The zero-order valence-electron chi connectivity index (χ0n) is 12.9. The van der Waals surface area contributed by atoms with Crippen LogP contribution in [0.15, 0.2) is 42.5 Å². The SMILES string of the molecule is N#Cc1c(NC(=O)Nc2cccc3ccccc23)sc2c1CCC2. The second-order valence-corrected chi connectivity index (χ2v) is 6.88. The summed E-state index contributed by atoms with van der Waals surface area (Å²) in [5, 5.41) is 17.9. The molecule has 0 bridgehead atoms. The molecule has 3 aromatic rings. The van der Waals surface area contributed by atoms with Crippen molar-refractivity contribution >= 4 is 38.8 Å². The number of benzene rings is 2. The highest BCUT2D eigenvalue weighted by Gasteiger charge is 2.23. The van der Waals surface area contributed by atoms with E-state index in [1.54, 1.807) is 0 Å². The first-order valence-corrected chi connectivity index (χ1v) is 8.68. The highest BCUT2D eigenvalue weighted by molar-refractivity contribution is 7.16. The molecule has 4 nitrogen and oxygen atoms in total. The smallest absolute Gasteiger partial charge is 0.307 e. The Morgan fingerprint density at radius 1 is 1.08 bits per heavy atom. The number of nitrogens with one attached hydrogen (secondary N) is 2. The molecular formula is C19H15N3OS. The summed E-state index contributed by atoms with van der Waals surface area (Å²) in [6.07, 6.45) is 3.03. The van der Waals surface area contributed by atoms with Crippen LogP contribution >= 0.6 is 11.3 Å². The molecular weight excluding hydrogens is 318 g/mol. The van der Waals surface area contributed by atoms with Crippen molar-refractivity contribution in [1.29, 1.82) is 5.26 Å². The van der Waals surface area contributed by atoms with Crippen LogP contribution in [-0.2, 0) is 12.8 Å². The minimum absolute atomic E-state index is 0.317.